The molecule has 4 aromatic carbocycles. The van der Waals surface area contributed by atoms with Gasteiger partial charge in [-0.2, -0.15) is 4.57 Å². The molecule has 0 saturated carbocycles. The molecule has 0 radical (unpaired) electrons. The number of para-hydroxylation sites is 2. The highest BCUT2D eigenvalue weighted by Crippen LogP contribution is 2.30. The van der Waals surface area contributed by atoms with Crippen LogP contribution < -0.4 is 4.57 Å². The van der Waals surface area contributed by atoms with Gasteiger partial charge in [-0.15, -0.1) is 0 Å². The number of hydrogen-bond donors (Lipinski definition) is 1. The van der Waals surface area contributed by atoms with E-state index in [9.17, 15) is 0 Å². The molecule has 1 unspecified atom stereocenters. The molecular weight excluding hydrogens is 438 g/mol. The number of pyridine rings is 1. The van der Waals surface area contributed by atoms with E-state index in [4.69, 9.17) is 4.98 Å². The number of benzene rings is 4. The van der Waals surface area contributed by atoms with E-state index in [2.05, 4.69) is 132 Å². The van der Waals surface area contributed by atoms with E-state index in [1.165, 1.54) is 33.6 Å². The van der Waals surface area contributed by atoms with Crippen molar-refractivity contribution in [1.29, 1.82) is 0 Å². The maximum Gasteiger partial charge on any atom is 0.213 e. The Labute approximate surface area is 211 Å². The van der Waals surface area contributed by atoms with Gasteiger partial charge in [-0.1, -0.05) is 78.9 Å². The van der Waals surface area contributed by atoms with Gasteiger partial charge in [-0.3, -0.25) is 0 Å². The van der Waals surface area contributed by atoms with Crippen LogP contribution in [0.15, 0.2) is 127 Å². The lowest BCUT2D eigenvalue weighted by molar-refractivity contribution is -0.678. The van der Waals surface area contributed by atoms with Crippen LogP contribution in [0.4, 0.5) is 0 Å². The van der Waals surface area contributed by atoms with Gasteiger partial charge in [0.15, 0.2) is 6.54 Å². The molecule has 0 aliphatic rings. The van der Waals surface area contributed by atoms with Crippen molar-refractivity contribution >= 4 is 11.0 Å². The summed E-state index contributed by atoms with van der Waals surface area (Å²) in [7, 11) is 0. The molecule has 2 aromatic heterocycles. The van der Waals surface area contributed by atoms with E-state index in [1.54, 1.807) is 0 Å². The van der Waals surface area contributed by atoms with Gasteiger partial charge in [-0.05, 0) is 54.4 Å². The van der Waals surface area contributed by atoms with E-state index in [0.29, 0.717) is 0 Å². The van der Waals surface area contributed by atoms with Crippen molar-refractivity contribution in [3.05, 3.63) is 133 Å². The first-order valence-electron chi connectivity index (χ1n) is 12.4. The fourth-order valence-corrected chi connectivity index (χ4v) is 4.88. The molecule has 0 spiro atoms. The van der Waals surface area contributed by atoms with Gasteiger partial charge in [-0.25, -0.2) is 4.98 Å². The molecule has 0 aliphatic carbocycles. The Bertz CT molecular complexity index is 1510. The molecule has 2 heterocycles. The Hall–Kier alpha value is -4.50. The molecule has 1 atom stereocenters. The van der Waals surface area contributed by atoms with Crippen molar-refractivity contribution in [1.82, 2.24) is 9.97 Å². The standard InChI is InChI=1S/C33H28N3/c1-24(33-34-29-19-11-12-20-30(29)35-33)23-36-31(26-15-7-3-8-16-26)21-28(25-13-5-2-6-14-25)22-32(36)27-17-9-4-10-18-27/h2-22,24H,23H2,1H3,(H,34,35)/q+1. The average molecular weight is 467 g/mol. The Balaban J connectivity index is 1.55. The van der Waals surface area contributed by atoms with Crippen LogP contribution in [-0.2, 0) is 6.54 Å². The number of aromatic amines is 1. The summed E-state index contributed by atoms with van der Waals surface area (Å²) < 4.78 is 2.45. The molecule has 0 aliphatic heterocycles. The second-order valence-electron chi connectivity index (χ2n) is 9.26. The van der Waals surface area contributed by atoms with E-state index in [-0.39, 0.29) is 5.92 Å². The van der Waals surface area contributed by atoms with Crippen molar-refractivity contribution in [2.45, 2.75) is 19.4 Å². The van der Waals surface area contributed by atoms with E-state index >= 15 is 0 Å². The highest BCUT2D eigenvalue weighted by Gasteiger charge is 2.26. The van der Waals surface area contributed by atoms with Crippen LogP contribution in [0.5, 0.6) is 0 Å². The minimum atomic E-state index is 0.190. The van der Waals surface area contributed by atoms with Crippen LogP contribution in [-0.4, -0.2) is 9.97 Å². The highest BCUT2D eigenvalue weighted by atomic mass is 15.0. The van der Waals surface area contributed by atoms with Crippen LogP contribution in [0.2, 0.25) is 0 Å². The third-order valence-corrected chi connectivity index (χ3v) is 6.74. The zero-order valence-corrected chi connectivity index (χ0v) is 20.3. The van der Waals surface area contributed by atoms with Gasteiger partial charge in [0.1, 0.15) is 5.82 Å². The maximum atomic E-state index is 4.91. The number of nitrogens with one attached hydrogen (secondary N) is 1. The maximum absolute atomic E-state index is 4.91. The Morgan fingerprint density at radius 3 is 1.67 bits per heavy atom. The first kappa shape index (κ1) is 22.0. The molecule has 0 fully saturated rings. The van der Waals surface area contributed by atoms with Gasteiger partial charge in [0.2, 0.25) is 11.4 Å². The minimum absolute atomic E-state index is 0.190. The second-order valence-corrected chi connectivity index (χ2v) is 9.26. The fraction of sp³-hybridized carbons (Fsp3) is 0.0909. The molecule has 1 N–H and O–H groups in total. The predicted octanol–water partition coefficient (Wildman–Crippen LogP) is 7.66. The first-order chi connectivity index (χ1) is 17.8. The Morgan fingerprint density at radius 1 is 0.611 bits per heavy atom. The van der Waals surface area contributed by atoms with Crippen LogP contribution >= 0.6 is 0 Å². The molecule has 6 aromatic rings. The molecule has 0 amide bonds. The van der Waals surface area contributed by atoms with E-state index in [1.807, 2.05) is 12.1 Å². The van der Waals surface area contributed by atoms with Gasteiger partial charge < -0.3 is 4.98 Å². The van der Waals surface area contributed by atoms with E-state index in [0.717, 1.165) is 23.4 Å². The Kier molecular flexibility index (Phi) is 5.88. The average Bonchev–Trinajstić information content (AvgIpc) is 3.39. The number of rotatable bonds is 6. The molecule has 0 bridgehead atoms. The minimum Gasteiger partial charge on any atom is -0.342 e. The summed E-state index contributed by atoms with van der Waals surface area (Å²) in [6.45, 7) is 3.04. The van der Waals surface area contributed by atoms with E-state index < -0.39 is 0 Å². The number of fused-ring (bicyclic) bond motifs is 1. The van der Waals surface area contributed by atoms with Gasteiger partial charge in [0.25, 0.3) is 0 Å². The lowest BCUT2D eigenvalue weighted by Crippen LogP contribution is -2.41. The predicted molar refractivity (Wildman–Crippen MR) is 147 cm³/mol. The highest BCUT2D eigenvalue weighted by molar-refractivity contribution is 5.75. The van der Waals surface area contributed by atoms with Crippen LogP contribution in [0, 0.1) is 0 Å². The summed E-state index contributed by atoms with van der Waals surface area (Å²) >= 11 is 0. The van der Waals surface area contributed by atoms with Crippen molar-refractivity contribution in [2.24, 2.45) is 0 Å². The summed E-state index contributed by atoms with van der Waals surface area (Å²) in [5.41, 5.74) is 9.29. The summed E-state index contributed by atoms with van der Waals surface area (Å²) in [6.07, 6.45) is 0. The van der Waals surface area contributed by atoms with Crippen molar-refractivity contribution in [3.8, 4) is 33.6 Å². The lowest BCUT2D eigenvalue weighted by atomic mass is 9.98. The molecule has 6 rings (SSSR count). The number of aromatic nitrogens is 3. The molecular formula is C33H28N3+. The fourth-order valence-electron chi connectivity index (χ4n) is 4.88. The van der Waals surface area contributed by atoms with Crippen molar-refractivity contribution in [3.63, 3.8) is 0 Å². The Morgan fingerprint density at radius 2 is 1.11 bits per heavy atom. The van der Waals surface area contributed by atoms with Gasteiger partial charge in [0, 0.05) is 23.3 Å². The summed E-state index contributed by atoms with van der Waals surface area (Å²) in [4.78, 5) is 8.46. The van der Waals surface area contributed by atoms with Gasteiger partial charge in [0.05, 0.1) is 17.0 Å². The lowest BCUT2D eigenvalue weighted by Gasteiger charge is -2.15. The zero-order valence-electron chi connectivity index (χ0n) is 20.3. The summed E-state index contributed by atoms with van der Waals surface area (Å²) in [5.74, 6) is 1.20. The smallest absolute Gasteiger partial charge is 0.213 e. The first-order valence-corrected chi connectivity index (χ1v) is 12.4. The molecule has 3 nitrogen and oxygen atoms in total. The molecule has 174 valence electrons. The molecule has 0 saturated heterocycles. The third kappa shape index (κ3) is 4.32. The number of hydrogen-bond acceptors (Lipinski definition) is 1. The largest absolute Gasteiger partial charge is 0.342 e. The van der Waals surface area contributed by atoms with Crippen LogP contribution in [0.25, 0.3) is 44.7 Å². The quantitative estimate of drug-likeness (QED) is 0.251. The van der Waals surface area contributed by atoms with Crippen molar-refractivity contribution < 1.29 is 4.57 Å². The number of H-pyrrole nitrogens is 1. The van der Waals surface area contributed by atoms with Crippen LogP contribution in [0.1, 0.15) is 18.7 Å². The SMILES string of the molecule is CC(C[n+]1c(-c2ccccc2)cc(-c2ccccc2)cc1-c1ccccc1)c1nc2ccccc2[nH]1. The van der Waals surface area contributed by atoms with Gasteiger partial charge >= 0.3 is 0 Å². The van der Waals surface area contributed by atoms with Crippen molar-refractivity contribution in [2.75, 3.05) is 0 Å². The summed E-state index contributed by atoms with van der Waals surface area (Å²) in [5, 5.41) is 0. The number of imidazole rings is 1. The second kappa shape index (κ2) is 9.63. The number of nitrogens with zero attached hydrogens (tertiary/aromatic N) is 2. The van der Waals surface area contributed by atoms with Crippen LogP contribution in [0.3, 0.4) is 0 Å². The summed E-state index contributed by atoms with van der Waals surface area (Å²) in [6, 6.07) is 44.9. The molecule has 36 heavy (non-hydrogen) atoms. The third-order valence-electron chi connectivity index (χ3n) is 6.74. The zero-order chi connectivity index (χ0) is 24.3. The topological polar surface area (TPSA) is 32.6 Å². The normalized spacial score (nSPS) is 12.0. The molecule has 3 heteroatoms. The monoisotopic (exact) mass is 466 g/mol.